The molecule has 0 radical (unpaired) electrons. The van der Waals surface area contributed by atoms with Crippen LogP contribution in [0.1, 0.15) is 17.3 Å². The highest BCUT2D eigenvalue weighted by molar-refractivity contribution is 7.99. The lowest BCUT2D eigenvalue weighted by atomic mass is 10.1. The first-order chi connectivity index (χ1) is 12.0. The number of hydrogen-bond acceptors (Lipinski definition) is 5. The fourth-order valence-electron chi connectivity index (χ4n) is 2.35. The molecule has 7 heteroatoms. The Morgan fingerprint density at radius 1 is 1.12 bits per heavy atom. The van der Waals surface area contributed by atoms with Gasteiger partial charge in [0.15, 0.2) is 10.9 Å². The predicted molar refractivity (Wildman–Crippen MR) is 98.2 cm³/mol. The maximum Gasteiger partial charge on any atom is 0.259 e. The fourth-order valence-corrected chi connectivity index (χ4v) is 3.02. The molecule has 126 valence electrons. The van der Waals surface area contributed by atoms with Crippen molar-refractivity contribution in [3.63, 3.8) is 0 Å². The second kappa shape index (κ2) is 7.31. The maximum atomic E-state index is 12.1. The van der Waals surface area contributed by atoms with E-state index in [2.05, 4.69) is 15.3 Å². The number of aromatic amines is 1. The van der Waals surface area contributed by atoms with Crippen molar-refractivity contribution in [1.82, 2.24) is 9.97 Å². The van der Waals surface area contributed by atoms with Crippen LogP contribution in [0.25, 0.3) is 10.9 Å². The first-order valence-corrected chi connectivity index (χ1v) is 8.55. The van der Waals surface area contributed by atoms with E-state index in [-0.39, 0.29) is 23.0 Å². The molecule has 0 saturated heterocycles. The molecule has 0 bridgehead atoms. The summed E-state index contributed by atoms with van der Waals surface area (Å²) in [7, 11) is 0. The molecular weight excluding hydrogens is 338 g/mol. The number of Topliss-reactive ketones (excluding diaryl/α,β-unsaturated/α-hetero) is 1. The molecule has 0 spiro atoms. The number of nitrogens with zero attached hydrogens (tertiary/aromatic N) is 1. The van der Waals surface area contributed by atoms with Crippen LogP contribution in [-0.4, -0.2) is 27.4 Å². The highest BCUT2D eigenvalue weighted by atomic mass is 32.2. The molecule has 6 nitrogen and oxygen atoms in total. The van der Waals surface area contributed by atoms with Crippen LogP contribution < -0.4 is 10.9 Å². The van der Waals surface area contributed by atoms with Crippen molar-refractivity contribution in [3.05, 3.63) is 64.4 Å². The van der Waals surface area contributed by atoms with Crippen molar-refractivity contribution < 1.29 is 9.59 Å². The van der Waals surface area contributed by atoms with E-state index >= 15 is 0 Å². The molecule has 3 rings (SSSR count). The van der Waals surface area contributed by atoms with Gasteiger partial charge in [-0.05, 0) is 31.2 Å². The Bertz CT molecular complexity index is 1010. The van der Waals surface area contributed by atoms with Gasteiger partial charge in [0.2, 0.25) is 5.91 Å². The lowest BCUT2D eigenvalue weighted by Gasteiger charge is -2.08. The molecule has 1 aromatic heterocycles. The lowest BCUT2D eigenvalue weighted by Crippen LogP contribution is -2.17. The van der Waals surface area contributed by atoms with Crippen LogP contribution in [-0.2, 0) is 4.79 Å². The number of carbonyl (C=O) groups is 2. The number of H-pyrrole nitrogens is 1. The van der Waals surface area contributed by atoms with Crippen LogP contribution in [0.5, 0.6) is 0 Å². The van der Waals surface area contributed by atoms with E-state index in [1.807, 2.05) is 0 Å². The number of thioether (sulfide) groups is 1. The third kappa shape index (κ3) is 3.95. The largest absolute Gasteiger partial charge is 0.325 e. The number of rotatable bonds is 5. The number of fused-ring (bicyclic) bond motifs is 1. The van der Waals surface area contributed by atoms with Gasteiger partial charge in [0.25, 0.3) is 5.56 Å². The number of benzene rings is 2. The number of aromatic nitrogens is 2. The van der Waals surface area contributed by atoms with Crippen molar-refractivity contribution in [1.29, 1.82) is 0 Å². The van der Waals surface area contributed by atoms with Gasteiger partial charge in [0.05, 0.1) is 22.3 Å². The topological polar surface area (TPSA) is 91.9 Å². The summed E-state index contributed by atoms with van der Waals surface area (Å²) in [6, 6.07) is 13.8. The molecule has 0 unspecified atom stereocenters. The SMILES string of the molecule is CC(=O)c1ccccc1NC(=O)CSc1nc2ccccc2c(=O)[nH]1. The van der Waals surface area contributed by atoms with Gasteiger partial charge in [-0.1, -0.05) is 36.0 Å². The summed E-state index contributed by atoms with van der Waals surface area (Å²) in [5, 5.41) is 3.59. The van der Waals surface area contributed by atoms with Crippen LogP contribution in [0.3, 0.4) is 0 Å². The zero-order valence-corrected chi connectivity index (χ0v) is 14.2. The highest BCUT2D eigenvalue weighted by Crippen LogP contribution is 2.18. The van der Waals surface area contributed by atoms with Gasteiger partial charge in [0, 0.05) is 5.56 Å². The van der Waals surface area contributed by atoms with Crippen LogP contribution in [0.2, 0.25) is 0 Å². The summed E-state index contributed by atoms with van der Waals surface area (Å²) in [6.07, 6.45) is 0. The Hall–Kier alpha value is -2.93. The summed E-state index contributed by atoms with van der Waals surface area (Å²) in [5.41, 5.74) is 1.27. The first kappa shape index (κ1) is 16.9. The normalized spacial score (nSPS) is 10.6. The second-order valence-electron chi connectivity index (χ2n) is 5.33. The molecule has 0 aliphatic heterocycles. The monoisotopic (exact) mass is 353 g/mol. The number of amides is 1. The Morgan fingerprint density at radius 2 is 1.84 bits per heavy atom. The third-order valence-electron chi connectivity index (χ3n) is 3.51. The van der Waals surface area contributed by atoms with Crippen LogP contribution in [0.15, 0.2) is 58.5 Å². The number of hydrogen-bond donors (Lipinski definition) is 2. The smallest absolute Gasteiger partial charge is 0.259 e. The van der Waals surface area contributed by atoms with Gasteiger partial charge in [-0.2, -0.15) is 0 Å². The van der Waals surface area contributed by atoms with Crippen molar-refractivity contribution in [3.8, 4) is 0 Å². The zero-order valence-electron chi connectivity index (χ0n) is 13.4. The Kier molecular flexibility index (Phi) is 4.95. The molecule has 0 aliphatic rings. The highest BCUT2D eigenvalue weighted by Gasteiger charge is 2.11. The minimum Gasteiger partial charge on any atom is -0.325 e. The molecule has 0 atom stereocenters. The van der Waals surface area contributed by atoms with E-state index in [4.69, 9.17) is 0 Å². The van der Waals surface area contributed by atoms with E-state index in [1.165, 1.54) is 6.92 Å². The van der Waals surface area contributed by atoms with Gasteiger partial charge in [-0.3, -0.25) is 14.4 Å². The molecule has 1 amide bonds. The molecule has 1 heterocycles. The maximum absolute atomic E-state index is 12.1. The Balaban J connectivity index is 1.71. The summed E-state index contributed by atoms with van der Waals surface area (Å²) in [4.78, 5) is 42.7. The second-order valence-corrected chi connectivity index (χ2v) is 6.29. The van der Waals surface area contributed by atoms with Gasteiger partial charge >= 0.3 is 0 Å². The fraction of sp³-hybridized carbons (Fsp3) is 0.111. The average Bonchev–Trinajstić information content (AvgIpc) is 2.60. The van der Waals surface area contributed by atoms with Crippen LogP contribution in [0.4, 0.5) is 5.69 Å². The van der Waals surface area contributed by atoms with Crippen LogP contribution >= 0.6 is 11.8 Å². The van der Waals surface area contributed by atoms with E-state index < -0.39 is 0 Å². The van der Waals surface area contributed by atoms with Gasteiger partial charge in [0.1, 0.15) is 0 Å². The number of nitrogens with one attached hydrogen (secondary N) is 2. The Labute approximate surface area is 147 Å². The summed E-state index contributed by atoms with van der Waals surface area (Å²) in [6.45, 7) is 1.45. The number of anilines is 1. The van der Waals surface area contributed by atoms with E-state index in [0.717, 1.165) is 11.8 Å². The molecular formula is C18H15N3O3S. The molecule has 25 heavy (non-hydrogen) atoms. The lowest BCUT2D eigenvalue weighted by molar-refractivity contribution is -0.113. The van der Waals surface area contributed by atoms with E-state index in [1.54, 1.807) is 48.5 Å². The third-order valence-corrected chi connectivity index (χ3v) is 4.38. The summed E-state index contributed by atoms with van der Waals surface area (Å²) >= 11 is 1.13. The molecule has 3 aromatic rings. The number of ketones is 1. The number of para-hydroxylation sites is 2. The quantitative estimate of drug-likeness (QED) is 0.418. The predicted octanol–water partition coefficient (Wildman–Crippen LogP) is 2.86. The molecule has 2 aromatic carbocycles. The average molecular weight is 353 g/mol. The summed E-state index contributed by atoms with van der Waals surface area (Å²) < 4.78 is 0. The standard InChI is InChI=1S/C18H15N3O3S/c1-11(22)12-6-2-4-8-14(12)19-16(23)10-25-18-20-15-9-5-3-7-13(15)17(24)21-18/h2-9H,10H2,1H3,(H,19,23)(H,20,21,24). The first-order valence-electron chi connectivity index (χ1n) is 7.56. The van der Waals surface area contributed by atoms with Crippen LogP contribution in [0, 0.1) is 0 Å². The van der Waals surface area contributed by atoms with Crippen molar-refractivity contribution in [2.45, 2.75) is 12.1 Å². The van der Waals surface area contributed by atoms with Gasteiger partial charge in [-0.25, -0.2) is 4.98 Å². The van der Waals surface area contributed by atoms with Crippen molar-refractivity contribution in [2.24, 2.45) is 0 Å². The Morgan fingerprint density at radius 3 is 2.64 bits per heavy atom. The van der Waals surface area contributed by atoms with Gasteiger partial charge in [-0.15, -0.1) is 0 Å². The van der Waals surface area contributed by atoms with Crippen molar-refractivity contribution >= 4 is 40.0 Å². The molecule has 0 saturated carbocycles. The molecule has 2 N–H and O–H groups in total. The molecule has 0 fully saturated rings. The minimum atomic E-state index is -0.283. The van der Waals surface area contributed by atoms with E-state index in [9.17, 15) is 14.4 Å². The van der Waals surface area contributed by atoms with E-state index in [0.29, 0.717) is 27.3 Å². The zero-order chi connectivity index (χ0) is 17.8. The van der Waals surface area contributed by atoms with Gasteiger partial charge < -0.3 is 10.3 Å². The number of carbonyl (C=O) groups excluding carboxylic acids is 2. The van der Waals surface area contributed by atoms with Crippen molar-refractivity contribution in [2.75, 3.05) is 11.1 Å². The minimum absolute atomic E-state index is 0.0630. The summed E-state index contributed by atoms with van der Waals surface area (Å²) in [5.74, 6) is -0.341. The molecule has 0 aliphatic carbocycles.